The van der Waals surface area contributed by atoms with Crippen LogP contribution in [0.25, 0.3) is 0 Å². The third-order valence-electron chi connectivity index (χ3n) is 1.80. The number of hydrogen-bond donors (Lipinski definition) is 2. The van der Waals surface area contributed by atoms with Crippen LogP contribution in [-0.2, 0) is 4.79 Å². The topological polar surface area (TPSA) is 63.3 Å². The van der Waals surface area contributed by atoms with Crippen molar-refractivity contribution >= 4 is 14.0 Å². The van der Waals surface area contributed by atoms with Crippen molar-refractivity contribution < 1.29 is 9.90 Å². The maximum absolute atomic E-state index is 10.8. The van der Waals surface area contributed by atoms with Crippen LogP contribution in [0.15, 0.2) is 0 Å². The van der Waals surface area contributed by atoms with Crippen molar-refractivity contribution in [1.29, 1.82) is 0 Å². The van der Waals surface area contributed by atoms with Gasteiger partial charge in [-0.05, 0) is 6.42 Å². The molecule has 80 valence electrons. The molecule has 0 fully saturated rings. The third kappa shape index (κ3) is 5.05. The Balaban J connectivity index is 4.51. The fraction of sp³-hybridized carbons (Fsp3) is 0.700. The molecular weight excluding hydrogens is 194 g/mol. The highest BCUT2D eigenvalue weighted by molar-refractivity contribution is 6.83. The van der Waals surface area contributed by atoms with E-state index in [-0.39, 0.29) is 0 Å². The third-order valence-corrected chi connectivity index (χ3v) is 2.70. The number of nitrogens with two attached hydrogens (primary N) is 1. The van der Waals surface area contributed by atoms with Crippen molar-refractivity contribution in [3.8, 4) is 11.5 Å². The van der Waals surface area contributed by atoms with Gasteiger partial charge < -0.3 is 10.8 Å². The molecular formula is C10H19NO2Si. The molecule has 0 aromatic heterocycles. The summed E-state index contributed by atoms with van der Waals surface area (Å²) >= 11 is 0. The minimum absolute atomic E-state index is 0.525. The normalized spacial score (nSPS) is 15.2. The largest absolute Gasteiger partial charge is 0.481 e. The van der Waals surface area contributed by atoms with Crippen LogP contribution >= 0.6 is 0 Å². The van der Waals surface area contributed by atoms with Gasteiger partial charge in [0.2, 0.25) is 0 Å². The highest BCUT2D eigenvalue weighted by atomic mass is 28.3. The molecule has 0 aliphatic heterocycles. The van der Waals surface area contributed by atoms with Crippen LogP contribution in [0.2, 0.25) is 19.6 Å². The quantitative estimate of drug-likeness (QED) is 0.549. The van der Waals surface area contributed by atoms with E-state index in [1.165, 1.54) is 0 Å². The average Bonchev–Trinajstić information content (AvgIpc) is 2.00. The first-order valence-electron chi connectivity index (χ1n) is 4.79. The average molecular weight is 213 g/mol. The van der Waals surface area contributed by atoms with E-state index in [2.05, 4.69) is 31.1 Å². The number of carbonyl (C=O) groups is 1. The molecule has 0 aliphatic rings. The molecule has 4 heteroatoms. The molecule has 2 atom stereocenters. The van der Waals surface area contributed by atoms with E-state index in [1.54, 1.807) is 0 Å². The van der Waals surface area contributed by atoms with Gasteiger partial charge in [-0.1, -0.05) is 32.5 Å². The second-order valence-corrected chi connectivity index (χ2v) is 9.15. The molecule has 0 spiro atoms. The van der Waals surface area contributed by atoms with E-state index in [9.17, 15) is 4.79 Å². The maximum Gasteiger partial charge on any atom is 0.309 e. The van der Waals surface area contributed by atoms with Crippen molar-refractivity contribution in [2.75, 3.05) is 0 Å². The summed E-state index contributed by atoms with van der Waals surface area (Å²) in [6.45, 7) is 8.13. The van der Waals surface area contributed by atoms with Gasteiger partial charge in [0.25, 0.3) is 0 Å². The second-order valence-electron chi connectivity index (χ2n) is 4.40. The standard InChI is InChI=1S/C10H19NO2Si/c1-5-8(10(12)13)9(11)6-7-14(2,3)4/h8-9H,5,11H2,1-4H3,(H,12,13)/t8-,9?/m1/s1. The molecule has 0 saturated heterocycles. The van der Waals surface area contributed by atoms with Crippen LogP contribution in [0.4, 0.5) is 0 Å². The summed E-state index contributed by atoms with van der Waals surface area (Å²) in [5, 5.41) is 8.84. The zero-order chi connectivity index (χ0) is 11.4. The van der Waals surface area contributed by atoms with E-state index < -0.39 is 26.0 Å². The minimum Gasteiger partial charge on any atom is -0.481 e. The molecule has 0 aromatic rings. The number of hydrogen-bond acceptors (Lipinski definition) is 2. The number of carboxylic acids is 1. The Morgan fingerprint density at radius 3 is 2.29 bits per heavy atom. The van der Waals surface area contributed by atoms with Crippen molar-refractivity contribution in [1.82, 2.24) is 0 Å². The first-order chi connectivity index (χ1) is 6.28. The lowest BCUT2D eigenvalue weighted by Gasteiger charge is -2.13. The molecule has 0 aromatic carbocycles. The van der Waals surface area contributed by atoms with Gasteiger partial charge in [0.15, 0.2) is 0 Å². The van der Waals surface area contributed by atoms with Crippen LogP contribution in [0, 0.1) is 17.4 Å². The molecule has 14 heavy (non-hydrogen) atoms. The summed E-state index contributed by atoms with van der Waals surface area (Å²) in [5.74, 6) is 1.46. The smallest absolute Gasteiger partial charge is 0.309 e. The summed E-state index contributed by atoms with van der Waals surface area (Å²) in [6, 6.07) is -0.538. The number of carboxylic acid groups (broad SMARTS) is 1. The molecule has 0 saturated carbocycles. The first kappa shape index (κ1) is 13.2. The Labute approximate surface area is 86.7 Å². The van der Waals surface area contributed by atoms with Crippen molar-refractivity contribution in [2.24, 2.45) is 11.7 Å². The van der Waals surface area contributed by atoms with E-state index in [0.29, 0.717) is 6.42 Å². The van der Waals surface area contributed by atoms with Crippen molar-refractivity contribution in [3.05, 3.63) is 0 Å². The predicted octanol–water partition coefficient (Wildman–Crippen LogP) is 1.31. The maximum atomic E-state index is 10.8. The first-order valence-corrected chi connectivity index (χ1v) is 8.29. The Bertz CT molecular complexity index is 260. The van der Waals surface area contributed by atoms with Gasteiger partial charge in [-0.3, -0.25) is 4.79 Å². The number of rotatable bonds is 3. The van der Waals surface area contributed by atoms with Gasteiger partial charge in [-0.15, -0.1) is 5.54 Å². The summed E-state index contributed by atoms with van der Waals surface area (Å²) in [6.07, 6.45) is 0.525. The SMILES string of the molecule is CC[C@@H](C(=O)O)C(N)C#C[Si](C)(C)C. The van der Waals surface area contributed by atoms with Gasteiger partial charge in [-0.25, -0.2) is 0 Å². The molecule has 3 N–H and O–H groups in total. The Morgan fingerprint density at radius 1 is 1.50 bits per heavy atom. The Kier molecular flexibility index (Phi) is 4.88. The van der Waals surface area contributed by atoms with Gasteiger partial charge in [0.05, 0.1) is 12.0 Å². The van der Waals surface area contributed by atoms with E-state index >= 15 is 0 Å². The lowest BCUT2D eigenvalue weighted by molar-refractivity contribution is -0.142. The van der Waals surface area contributed by atoms with Crippen molar-refractivity contribution in [3.63, 3.8) is 0 Å². The van der Waals surface area contributed by atoms with Crippen LogP contribution in [0.3, 0.4) is 0 Å². The van der Waals surface area contributed by atoms with Gasteiger partial charge in [0, 0.05) is 0 Å². The predicted molar refractivity (Wildman–Crippen MR) is 60.5 cm³/mol. The van der Waals surface area contributed by atoms with Gasteiger partial charge in [0.1, 0.15) is 8.07 Å². The summed E-state index contributed by atoms with van der Waals surface area (Å²) < 4.78 is 0. The van der Waals surface area contributed by atoms with Crippen molar-refractivity contribution in [2.45, 2.75) is 39.0 Å². The molecule has 0 amide bonds. The molecule has 0 bridgehead atoms. The monoisotopic (exact) mass is 213 g/mol. The fourth-order valence-corrected chi connectivity index (χ4v) is 1.58. The molecule has 0 aliphatic carbocycles. The minimum atomic E-state index is -1.45. The molecule has 1 unspecified atom stereocenters. The number of aliphatic carboxylic acids is 1. The van der Waals surface area contributed by atoms with Crippen LogP contribution in [-0.4, -0.2) is 25.2 Å². The van der Waals surface area contributed by atoms with Crippen LogP contribution in [0.1, 0.15) is 13.3 Å². The summed E-state index contributed by atoms with van der Waals surface area (Å²) in [4.78, 5) is 10.8. The van der Waals surface area contributed by atoms with E-state index in [1.807, 2.05) is 6.92 Å². The fourth-order valence-electron chi connectivity index (χ4n) is 0.983. The highest BCUT2D eigenvalue weighted by Crippen LogP contribution is 2.07. The Hall–Kier alpha value is -0.793. The van der Waals surface area contributed by atoms with Crippen LogP contribution < -0.4 is 5.73 Å². The lowest BCUT2D eigenvalue weighted by Crippen LogP contribution is -2.34. The molecule has 0 rings (SSSR count). The van der Waals surface area contributed by atoms with E-state index in [0.717, 1.165) is 0 Å². The van der Waals surface area contributed by atoms with Gasteiger partial charge >= 0.3 is 5.97 Å². The zero-order valence-corrected chi connectivity index (χ0v) is 10.3. The second kappa shape index (κ2) is 5.18. The summed E-state index contributed by atoms with van der Waals surface area (Å²) in [7, 11) is -1.45. The Morgan fingerprint density at radius 2 is 2.00 bits per heavy atom. The molecule has 3 nitrogen and oxygen atoms in total. The summed E-state index contributed by atoms with van der Waals surface area (Å²) in [5.41, 5.74) is 8.80. The molecule has 0 heterocycles. The van der Waals surface area contributed by atoms with Gasteiger partial charge in [-0.2, -0.15) is 0 Å². The van der Waals surface area contributed by atoms with Crippen LogP contribution in [0.5, 0.6) is 0 Å². The lowest BCUT2D eigenvalue weighted by atomic mass is 9.99. The van der Waals surface area contributed by atoms with E-state index in [4.69, 9.17) is 10.8 Å². The zero-order valence-electron chi connectivity index (χ0n) is 9.29. The molecule has 0 radical (unpaired) electrons. The highest BCUT2D eigenvalue weighted by Gasteiger charge is 2.21.